The van der Waals surface area contributed by atoms with Crippen LogP contribution in [0.2, 0.25) is 0 Å². The molecule has 0 fully saturated rings. The third-order valence-electron chi connectivity index (χ3n) is 3.07. The van der Waals surface area contributed by atoms with Crippen molar-refractivity contribution >= 4 is 16.9 Å². The van der Waals surface area contributed by atoms with Crippen molar-refractivity contribution in [1.82, 2.24) is 9.47 Å². The summed E-state index contributed by atoms with van der Waals surface area (Å²) in [5.74, 6) is -1.84. The number of carboxylic acid groups (broad SMARTS) is 1. The lowest BCUT2D eigenvalue weighted by atomic mass is 10.1. The molecule has 0 saturated heterocycles. The van der Waals surface area contributed by atoms with E-state index in [4.69, 9.17) is 0 Å². The van der Waals surface area contributed by atoms with Gasteiger partial charge >= 0.3 is 5.97 Å². The second kappa shape index (κ2) is 5.42. The van der Waals surface area contributed by atoms with Crippen LogP contribution in [0.5, 0.6) is 0 Å². The SMILES string of the molecule is CN(C)CCn1c(C(=O)O)cc(=O)c2cccc(F)c21. The van der Waals surface area contributed by atoms with Gasteiger partial charge in [0.1, 0.15) is 11.5 Å². The molecule has 2 aromatic rings. The van der Waals surface area contributed by atoms with E-state index in [0.717, 1.165) is 6.07 Å². The van der Waals surface area contributed by atoms with Gasteiger partial charge < -0.3 is 14.6 Å². The van der Waals surface area contributed by atoms with Crippen LogP contribution in [-0.2, 0) is 6.54 Å². The van der Waals surface area contributed by atoms with Gasteiger partial charge in [0.25, 0.3) is 0 Å². The topological polar surface area (TPSA) is 62.5 Å². The molecule has 1 aromatic heterocycles. The number of nitrogens with zero attached hydrogens (tertiary/aromatic N) is 2. The number of aromatic nitrogens is 1. The molecule has 0 amide bonds. The van der Waals surface area contributed by atoms with Crippen molar-refractivity contribution < 1.29 is 14.3 Å². The number of fused-ring (bicyclic) bond motifs is 1. The molecule has 20 heavy (non-hydrogen) atoms. The van der Waals surface area contributed by atoms with Gasteiger partial charge in [-0.3, -0.25) is 4.79 Å². The molecule has 0 bridgehead atoms. The van der Waals surface area contributed by atoms with E-state index in [2.05, 4.69) is 0 Å². The molecule has 0 aliphatic rings. The van der Waals surface area contributed by atoms with Crippen LogP contribution in [0.15, 0.2) is 29.1 Å². The number of carboxylic acids is 1. The molecular weight excluding hydrogens is 263 g/mol. The molecule has 0 atom stereocenters. The number of rotatable bonds is 4. The van der Waals surface area contributed by atoms with Gasteiger partial charge in [-0.15, -0.1) is 0 Å². The van der Waals surface area contributed by atoms with Gasteiger partial charge in [0.15, 0.2) is 5.43 Å². The number of aromatic carboxylic acids is 1. The largest absolute Gasteiger partial charge is 0.477 e. The van der Waals surface area contributed by atoms with E-state index < -0.39 is 17.2 Å². The lowest BCUT2D eigenvalue weighted by molar-refractivity contribution is 0.0684. The van der Waals surface area contributed by atoms with Crippen molar-refractivity contribution in [2.24, 2.45) is 0 Å². The zero-order chi connectivity index (χ0) is 14.9. The van der Waals surface area contributed by atoms with Crippen molar-refractivity contribution in [1.29, 1.82) is 0 Å². The first-order chi connectivity index (χ1) is 9.41. The first kappa shape index (κ1) is 14.2. The van der Waals surface area contributed by atoms with Gasteiger partial charge in [-0.1, -0.05) is 6.07 Å². The lowest BCUT2D eigenvalue weighted by Gasteiger charge is -2.17. The first-order valence-electron chi connectivity index (χ1n) is 6.12. The van der Waals surface area contributed by atoms with Crippen molar-refractivity contribution in [3.05, 3.63) is 46.0 Å². The number of hydrogen-bond acceptors (Lipinski definition) is 3. The second-order valence-corrected chi connectivity index (χ2v) is 4.79. The first-order valence-corrected chi connectivity index (χ1v) is 6.12. The number of pyridine rings is 1. The highest BCUT2D eigenvalue weighted by Gasteiger charge is 2.16. The average molecular weight is 278 g/mol. The Labute approximate surface area is 114 Å². The van der Waals surface area contributed by atoms with Crippen LogP contribution >= 0.6 is 0 Å². The summed E-state index contributed by atoms with van der Waals surface area (Å²) in [4.78, 5) is 25.0. The van der Waals surface area contributed by atoms with E-state index in [9.17, 15) is 19.1 Å². The third-order valence-corrected chi connectivity index (χ3v) is 3.07. The molecule has 0 unspecified atom stereocenters. The number of likely N-dealkylation sites (N-methyl/N-ethyl adjacent to an activating group) is 1. The fourth-order valence-electron chi connectivity index (χ4n) is 2.10. The minimum absolute atomic E-state index is 0.0410. The number of halogens is 1. The molecule has 1 aromatic carbocycles. The Morgan fingerprint density at radius 2 is 2.10 bits per heavy atom. The molecule has 0 radical (unpaired) electrons. The van der Waals surface area contributed by atoms with Gasteiger partial charge in [0, 0.05) is 24.5 Å². The standard InChI is InChI=1S/C14H15FN2O3/c1-16(2)6-7-17-11(14(19)20)8-12(18)9-4-3-5-10(15)13(9)17/h3-5,8H,6-7H2,1-2H3,(H,19,20). The summed E-state index contributed by atoms with van der Waals surface area (Å²) < 4.78 is 15.4. The van der Waals surface area contributed by atoms with Crippen molar-refractivity contribution in [3.8, 4) is 0 Å². The number of hydrogen-bond donors (Lipinski definition) is 1. The van der Waals surface area contributed by atoms with Crippen LogP contribution in [0.1, 0.15) is 10.5 Å². The molecule has 106 valence electrons. The molecule has 1 heterocycles. The van der Waals surface area contributed by atoms with E-state index >= 15 is 0 Å². The van der Waals surface area contributed by atoms with E-state index in [0.29, 0.717) is 6.54 Å². The summed E-state index contributed by atoms with van der Waals surface area (Å²) in [6.07, 6.45) is 0. The zero-order valence-electron chi connectivity index (χ0n) is 11.3. The van der Waals surface area contributed by atoms with E-state index in [1.165, 1.54) is 22.8 Å². The normalized spacial score (nSPS) is 11.2. The molecule has 1 N–H and O–H groups in total. The Hall–Kier alpha value is -2.21. The van der Waals surface area contributed by atoms with Crippen LogP contribution in [0.3, 0.4) is 0 Å². The summed E-state index contributed by atoms with van der Waals surface area (Å²) >= 11 is 0. The Kier molecular flexibility index (Phi) is 3.85. The average Bonchev–Trinajstić information content (AvgIpc) is 2.37. The van der Waals surface area contributed by atoms with Crippen LogP contribution in [0.25, 0.3) is 10.9 Å². The van der Waals surface area contributed by atoms with Gasteiger partial charge in [0.05, 0.1) is 5.52 Å². The molecule has 6 heteroatoms. The maximum absolute atomic E-state index is 14.0. The highest BCUT2D eigenvalue weighted by Crippen LogP contribution is 2.17. The zero-order valence-corrected chi connectivity index (χ0v) is 11.3. The predicted molar refractivity (Wildman–Crippen MR) is 73.7 cm³/mol. The van der Waals surface area contributed by atoms with Crippen LogP contribution in [-0.4, -0.2) is 41.2 Å². The monoisotopic (exact) mass is 278 g/mol. The Bertz CT molecular complexity index is 722. The van der Waals surface area contributed by atoms with Crippen molar-refractivity contribution in [2.45, 2.75) is 6.54 Å². The fraction of sp³-hybridized carbons (Fsp3) is 0.286. The highest BCUT2D eigenvalue weighted by atomic mass is 19.1. The van der Waals surface area contributed by atoms with Crippen molar-refractivity contribution in [2.75, 3.05) is 20.6 Å². The Morgan fingerprint density at radius 3 is 2.70 bits per heavy atom. The fourth-order valence-corrected chi connectivity index (χ4v) is 2.10. The lowest BCUT2D eigenvalue weighted by Crippen LogP contribution is -2.24. The molecule has 0 aliphatic heterocycles. The summed E-state index contributed by atoms with van der Waals surface area (Å²) in [6.45, 7) is 0.818. The maximum atomic E-state index is 14.0. The van der Waals surface area contributed by atoms with Crippen LogP contribution < -0.4 is 5.43 Å². The maximum Gasteiger partial charge on any atom is 0.352 e. The molecule has 2 rings (SSSR count). The van der Waals surface area contributed by atoms with E-state index in [-0.39, 0.29) is 23.1 Å². The second-order valence-electron chi connectivity index (χ2n) is 4.79. The minimum Gasteiger partial charge on any atom is -0.477 e. The quantitative estimate of drug-likeness (QED) is 0.918. The van der Waals surface area contributed by atoms with Gasteiger partial charge in [-0.2, -0.15) is 0 Å². The smallest absolute Gasteiger partial charge is 0.352 e. The summed E-state index contributed by atoms with van der Waals surface area (Å²) in [5, 5.41) is 9.40. The number of carbonyl (C=O) groups is 1. The van der Waals surface area contributed by atoms with Crippen LogP contribution in [0.4, 0.5) is 4.39 Å². The summed E-state index contributed by atoms with van der Waals surface area (Å²) in [6, 6.07) is 5.20. The van der Waals surface area contributed by atoms with Gasteiger partial charge in [0.2, 0.25) is 0 Å². The molecular formula is C14H15FN2O3. The molecule has 0 aliphatic carbocycles. The van der Waals surface area contributed by atoms with E-state index in [1.807, 2.05) is 19.0 Å². The molecule has 5 nitrogen and oxygen atoms in total. The molecule has 0 spiro atoms. The van der Waals surface area contributed by atoms with Crippen LogP contribution in [0, 0.1) is 5.82 Å². The van der Waals surface area contributed by atoms with Gasteiger partial charge in [-0.05, 0) is 26.2 Å². The Balaban J connectivity index is 2.78. The summed E-state index contributed by atoms with van der Waals surface area (Å²) in [5.41, 5.74) is -0.647. The Morgan fingerprint density at radius 1 is 1.40 bits per heavy atom. The third kappa shape index (κ3) is 2.55. The van der Waals surface area contributed by atoms with Gasteiger partial charge in [-0.25, -0.2) is 9.18 Å². The number of para-hydroxylation sites is 1. The van der Waals surface area contributed by atoms with Crippen molar-refractivity contribution in [3.63, 3.8) is 0 Å². The number of benzene rings is 1. The minimum atomic E-state index is -1.24. The molecule has 0 saturated carbocycles. The van der Waals surface area contributed by atoms with E-state index in [1.54, 1.807) is 0 Å². The highest BCUT2D eigenvalue weighted by molar-refractivity contribution is 5.90. The summed E-state index contributed by atoms with van der Waals surface area (Å²) in [7, 11) is 3.67. The predicted octanol–water partition coefficient (Wildman–Crippen LogP) is 1.40.